The fraction of sp³-hybridized carbons (Fsp3) is 1.00. The molecule has 2 aliphatic heterocycles. The molecular weight excluding hydrogens is 292 g/mol. The van der Waals surface area contributed by atoms with E-state index in [0.29, 0.717) is 12.2 Å². The summed E-state index contributed by atoms with van der Waals surface area (Å²) < 4.78 is 11.3. The van der Waals surface area contributed by atoms with Gasteiger partial charge in [-0.2, -0.15) is 11.8 Å². The molecule has 0 N–H and O–H groups in total. The molecule has 2 nitrogen and oxygen atoms in total. The molecule has 130 valence electrons. The van der Waals surface area contributed by atoms with E-state index in [0.717, 1.165) is 13.2 Å². The smallest absolute Gasteiger partial charge is 0.0583 e. The number of hydrogen-bond donors (Lipinski definition) is 0. The predicted octanol–water partition coefficient (Wildman–Crippen LogP) is 5.59. The van der Waals surface area contributed by atoms with Gasteiger partial charge in [0.15, 0.2) is 0 Å². The molecule has 0 saturated carbocycles. The summed E-state index contributed by atoms with van der Waals surface area (Å²) in [5.74, 6) is 2.65. The van der Waals surface area contributed by atoms with Gasteiger partial charge in [-0.25, -0.2) is 0 Å². The highest BCUT2D eigenvalue weighted by Crippen LogP contribution is 2.20. The lowest BCUT2D eigenvalue weighted by Gasteiger charge is -2.09. The molecule has 2 unspecified atom stereocenters. The van der Waals surface area contributed by atoms with Crippen molar-refractivity contribution in [2.24, 2.45) is 0 Å². The van der Waals surface area contributed by atoms with Gasteiger partial charge in [0, 0.05) is 13.2 Å². The van der Waals surface area contributed by atoms with Gasteiger partial charge in [-0.15, -0.1) is 0 Å². The number of thioether (sulfide) groups is 1. The minimum absolute atomic E-state index is 0.585. The molecule has 0 aromatic rings. The van der Waals surface area contributed by atoms with Crippen LogP contribution in [0.2, 0.25) is 0 Å². The Morgan fingerprint density at radius 3 is 1.86 bits per heavy atom. The molecule has 2 heterocycles. The molecule has 2 atom stereocenters. The molecule has 0 spiro atoms. The standard InChI is InChI=1S/C19H36O2S/c1(2-4-6-10-18-11-8-14-20-18)3-5-7-16-22-17-13-19-12-9-15-21-19/h18-19H,1-17H2. The second kappa shape index (κ2) is 12.7. The van der Waals surface area contributed by atoms with Crippen LogP contribution < -0.4 is 0 Å². The quantitative estimate of drug-likeness (QED) is 0.411. The van der Waals surface area contributed by atoms with E-state index in [1.54, 1.807) is 0 Å². The van der Waals surface area contributed by atoms with Gasteiger partial charge in [-0.05, 0) is 56.5 Å². The topological polar surface area (TPSA) is 18.5 Å². The SMILES string of the molecule is C(CCCCSCCC1CCCO1)CCCCC1CCCO1. The fourth-order valence-electron chi connectivity index (χ4n) is 3.52. The third kappa shape index (κ3) is 8.79. The van der Waals surface area contributed by atoms with E-state index in [2.05, 4.69) is 11.8 Å². The zero-order valence-electron chi connectivity index (χ0n) is 14.4. The molecule has 2 fully saturated rings. The summed E-state index contributed by atoms with van der Waals surface area (Å²) in [6.45, 7) is 2.01. The van der Waals surface area contributed by atoms with Gasteiger partial charge in [0.2, 0.25) is 0 Å². The van der Waals surface area contributed by atoms with Gasteiger partial charge >= 0.3 is 0 Å². The summed E-state index contributed by atoms with van der Waals surface area (Å²) >= 11 is 2.13. The molecule has 0 aliphatic carbocycles. The van der Waals surface area contributed by atoms with Crippen LogP contribution in [-0.4, -0.2) is 36.9 Å². The van der Waals surface area contributed by atoms with Gasteiger partial charge in [-0.1, -0.05) is 38.5 Å². The molecule has 0 bridgehead atoms. The highest BCUT2D eigenvalue weighted by Gasteiger charge is 2.15. The third-order valence-electron chi connectivity index (χ3n) is 4.95. The predicted molar refractivity (Wildman–Crippen MR) is 96.8 cm³/mol. The Morgan fingerprint density at radius 2 is 1.23 bits per heavy atom. The van der Waals surface area contributed by atoms with Crippen molar-refractivity contribution in [3.05, 3.63) is 0 Å². The molecule has 0 aromatic heterocycles. The minimum Gasteiger partial charge on any atom is -0.378 e. The van der Waals surface area contributed by atoms with Crippen molar-refractivity contribution in [1.29, 1.82) is 0 Å². The summed E-state index contributed by atoms with van der Waals surface area (Å²) in [6, 6.07) is 0. The maximum absolute atomic E-state index is 5.67. The van der Waals surface area contributed by atoms with Crippen LogP contribution in [0.5, 0.6) is 0 Å². The molecule has 3 heteroatoms. The molecule has 0 radical (unpaired) electrons. The summed E-state index contributed by atoms with van der Waals surface area (Å²) in [5.41, 5.74) is 0. The summed E-state index contributed by atoms with van der Waals surface area (Å²) in [7, 11) is 0. The van der Waals surface area contributed by atoms with Crippen molar-refractivity contribution in [2.75, 3.05) is 24.7 Å². The van der Waals surface area contributed by atoms with Crippen LogP contribution in [0, 0.1) is 0 Å². The molecule has 22 heavy (non-hydrogen) atoms. The molecular formula is C19H36O2S. The highest BCUT2D eigenvalue weighted by molar-refractivity contribution is 7.99. The molecule has 0 aromatic carbocycles. The largest absolute Gasteiger partial charge is 0.378 e. The van der Waals surface area contributed by atoms with Crippen LogP contribution in [0.3, 0.4) is 0 Å². The fourth-order valence-corrected chi connectivity index (χ4v) is 4.56. The van der Waals surface area contributed by atoms with E-state index < -0.39 is 0 Å². The first-order chi connectivity index (χ1) is 10.9. The first kappa shape index (κ1) is 18.6. The third-order valence-corrected chi connectivity index (χ3v) is 6.05. The maximum atomic E-state index is 5.67. The Labute approximate surface area is 142 Å². The van der Waals surface area contributed by atoms with Gasteiger partial charge in [0.25, 0.3) is 0 Å². The lowest BCUT2D eigenvalue weighted by Crippen LogP contribution is -2.05. The van der Waals surface area contributed by atoms with E-state index in [-0.39, 0.29) is 0 Å². The number of ether oxygens (including phenoxy) is 2. The van der Waals surface area contributed by atoms with Crippen molar-refractivity contribution in [1.82, 2.24) is 0 Å². The van der Waals surface area contributed by atoms with Crippen LogP contribution >= 0.6 is 11.8 Å². The van der Waals surface area contributed by atoms with E-state index in [1.165, 1.54) is 95.0 Å². The van der Waals surface area contributed by atoms with Crippen LogP contribution in [0.1, 0.15) is 83.5 Å². The molecule has 2 rings (SSSR count). The van der Waals surface area contributed by atoms with E-state index in [4.69, 9.17) is 9.47 Å². The molecule has 2 saturated heterocycles. The van der Waals surface area contributed by atoms with Crippen molar-refractivity contribution >= 4 is 11.8 Å². The zero-order chi connectivity index (χ0) is 15.3. The number of unbranched alkanes of at least 4 members (excludes halogenated alkanes) is 6. The highest BCUT2D eigenvalue weighted by atomic mass is 32.2. The number of hydrogen-bond acceptors (Lipinski definition) is 3. The Balaban J connectivity index is 1.23. The van der Waals surface area contributed by atoms with E-state index in [1.807, 2.05) is 0 Å². The van der Waals surface area contributed by atoms with Gasteiger partial charge < -0.3 is 9.47 Å². The van der Waals surface area contributed by atoms with Gasteiger partial charge in [0.1, 0.15) is 0 Å². The Bertz CT molecular complexity index is 222. The first-order valence-electron chi connectivity index (χ1n) is 9.76. The van der Waals surface area contributed by atoms with Crippen molar-refractivity contribution in [3.63, 3.8) is 0 Å². The number of rotatable bonds is 13. The van der Waals surface area contributed by atoms with Crippen LogP contribution in [-0.2, 0) is 9.47 Å². The first-order valence-corrected chi connectivity index (χ1v) is 10.9. The Hall–Kier alpha value is 0.270. The zero-order valence-corrected chi connectivity index (χ0v) is 15.2. The Morgan fingerprint density at radius 1 is 0.636 bits per heavy atom. The average molecular weight is 329 g/mol. The van der Waals surface area contributed by atoms with Crippen molar-refractivity contribution in [2.45, 2.75) is 95.7 Å². The monoisotopic (exact) mass is 328 g/mol. The molecule has 2 aliphatic rings. The van der Waals surface area contributed by atoms with Gasteiger partial charge in [0.05, 0.1) is 12.2 Å². The van der Waals surface area contributed by atoms with E-state index in [9.17, 15) is 0 Å². The van der Waals surface area contributed by atoms with Gasteiger partial charge in [-0.3, -0.25) is 0 Å². The summed E-state index contributed by atoms with van der Waals surface area (Å²) in [5, 5.41) is 0. The van der Waals surface area contributed by atoms with Crippen molar-refractivity contribution in [3.8, 4) is 0 Å². The average Bonchev–Trinajstić information content (AvgIpc) is 3.21. The summed E-state index contributed by atoms with van der Waals surface area (Å²) in [6.07, 6.45) is 18.9. The van der Waals surface area contributed by atoms with E-state index >= 15 is 0 Å². The van der Waals surface area contributed by atoms with Crippen LogP contribution in [0.15, 0.2) is 0 Å². The molecule has 0 amide bonds. The van der Waals surface area contributed by atoms with Crippen LogP contribution in [0.4, 0.5) is 0 Å². The lowest BCUT2D eigenvalue weighted by atomic mass is 10.1. The summed E-state index contributed by atoms with van der Waals surface area (Å²) in [4.78, 5) is 0. The minimum atomic E-state index is 0.585. The van der Waals surface area contributed by atoms with Crippen molar-refractivity contribution < 1.29 is 9.47 Å². The van der Waals surface area contributed by atoms with Crippen LogP contribution in [0.25, 0.3) is 0 Å². The Kier molecular flexibility index (Phi) is 10.7. The normalized spacial score (nSPS) is 25.1. The maximum Gasteiger partial charge on any atom is 0.0583 e. The second-order valence-corrected chi connectivity index (χ2v) is 8.16. The second-order valence-electron chi connectivity index (χ2n) is 6.93. The lowest BCUT2D eigenvalue weighted by molar-refractivity contribution is 0.102.